The Balaban J connectivity index is 1.32. The molecule has 2 aromatic rings. The monoisotopic (exact) mass is 458 g/mol. The van der Waals surface area contributed by atoms with E-state index < -0.39 is 11.9 Å². The van der Waals surface area contributed by atoms with Gasteiger partial charge in [-0.05, 0) is 43.9 Å². The summed E-state index contributed by atoms with van der Waals surface area (Å²) in [5, 5.41) is 4.86. The highest BCUT2D eigenvalue weighted by molar-refractivity contribution is 7.14. The number of nitrogens with zero attached hydrogens (tertiary/aromatic N) is 1. The van der Waals surface area contributed by atoms with E-state index in [0.29, 0.717) is 40.9 Å². The molecule has 32 heavy (non-hydrogen) atoms. The third kappa shape index (κ3) is 4.77. The Bertz CT molecular complexity index is 1000. The number of Topliss-reactive ketones (excluding diaryl/α,β-unsaturated/α-hetero) is 1. The van der Waals surface area contributed by atoms with Crippen molar-refractivity contribution in [1.82, 2.24) is 4.98 Å². The Morgan fingerprint density at radius 1 is 1.16 bits per heavy atom. The maximum Gasteiger partial charge on any atom is 0.309 e. The Hall–Kier alpha value is -2.94. The van der Waals surface area contributed by atoms with E-state index in [9.17, 15) is 14.4 Å². The van der Waals surface area contributed by atoms with Crippen LogP contribution in [0.3, 0.4) is 0 Å². The number of benzene rings is 1. The zero-order chi connectivity index (χ0) is 22.7. The number of methoxy groups -OCH3 is 2. The average molecular weight is 459 g/mol. The van der Waals surface area contributed by atoms with Gasteiger partial charge in [-0.3, -0.25) is 19.7 Å². The highest BCUT2D eigenvalue weighted by Crippen LogP contribution is 2.40. The van der Waals surface area contributed by atoms with E-state index in [1.54, 1.807) is 31.7 Å². The van der Waals surface area contributed by atoms with Gasteiger partial charge in [-0.25, -0.2) is 4.98 Å². The highest BCUT2D eigenvalue weighted by Gasteiger charge is 2.41. The summed E-state index contributed by atoms with van der Waals surface area (Å²) < 4.78 is 15.9. The SMILES string of the molecule is COc1ccc(OC)c(-c2csc(NC(=O)COC(=O)C3C[C@H]4CCC[C@H](C3)C4=O)n2)c1. The van der Waals surface area contributed by atoms with Crippen molar-refractivity contribution < 1.29 is 28.6 Å². The van der Waals surface area contributed by atoms with Crippen molar-refractivity contribution in [2.24, 2.45) is 17.8 Å². The van der Waals surface area contributed by atoms with E-state index in [-0.39, 0.29) is 24.4 Å². The molecule has 1 N–H and O–H groups in total. The summed E-state index contributed by atoms with van der Waals surface area (Å²) >= 11 is 1.26. The van der Waals surface area contributed by atoms with Crippen LogP contribution >= 0.6 is 11.3 Å². The molecule has 2 aliphatic rings. The van der Waals surface area contributed by atoms with Gasteiger partial charge in [0.05, 0.1) is 25.8 Å². The van der Waals surface area contributed by atoms with Gasteiger partial charge in [0, 0.05) is 22.8 Å². The number of carbonyl (C=O) groups is 3. The van der Waals surface area contributed by atoms with Crippen molar-refractivity contribution in [3.8, 4) is 22.8 Å². The smallest absolute Gasteiger partial charge is 0.309 e. The van der Waals surface area contributed by atoms with Crippen molar-refractivity contribution in [3.63, 3.8) is 0 Å². The number of hydrogen-bond donors (Lipinski definition) is 1. The summed E-state index contributed by atoms with van der Waals surface area (Å²) in [6.07, 6.45) is 3.82. The Morgan fingerprint density at radius 3 is 2.59 bits per heavy atom. The molecule has 2 atom stereocenters. The molecular formula is C23H26N2O6S. The summed E-state index contributed by atoms with van der Waals surface area (Å²) in [6.45, 7) is -0.379. The molecule has 2 fully saturated rings. The van der Waals surface area contributed by atoms with Crippen LogP contribution in [0.1, 0.15) is 32.1 Å². The maximum atomic E-state index is 12.5. The fourth-order valence-electron chi connectivity index (χ4n) is 4.55. The number of ether oxygens (including phenoxy) is 3. The van der Waals surface area contributed by atoms with Crippen LogP contribution in [0, 0.1) is 17.8 Å². The third-order valence-electron chi connectivity index (χ3n) is 6.16. The number of amides is 1. The molecule has 0 radical (unpaired) electrons. The molecule has 2 saturated carbocycles. The van der Waals surface area contributed by atoms with E-state index in [1.807, 2.05) is 6.07 Å². The van der Waals surface area contributed by atoms with Crippen molar-refractivity contribution in [2.75, 3.05) is 26.1 Å². The van der Waals surface area contributed by atoms with Crippen LogP contribution in [-0.2, 0) is 19.1 Å². The highest BCUT2D eigenvalue weighted by atomic mass is 32.1. The normalized spacial score (nSPS) is 22.2. The van der Waals surface area contributed by atoms with Crippen LogP contribution < -0.4 is 14.8 Å². The molecule has 1 aromatic heterocycles. The van der Waals surface area contributed by atoms with Gasteiger partial charge in [0.15, 0.2) is 11.7 Å². The number of rotatable bonds is 7. The topological polar surface area (TPSA) is 104 Å². The number of ketones is 1. The average Bonchev–Trinajstić information content (AvgIpc) is 3.25. The number of esters is 1. The Morgan fingerprint density at radius 2 is 1.91 bits per heavy atom. The minimum Gasteiger partial charge on any atom is -0.497 e. The van der Waals surface area contributed by atoms with Gasteiger partial charge in [-0.15, -0.1) is 11.3 Å². The van der Waals surface area contributed by atoms with E-state index in [0.717, 1.165) is 24.8 Å². The molecule has 9 heteroatoms. The van der Waals surface area contributed by atoms with Crippen molar-refractivity contribution in [3.05, 3.63) is 23.6 Å². The summed E-state index contributed by atoms with van der Waals surface area (Å²) in [5.74, 6) is 0.383. The zero-order valence-electron chi connectivity index (χ0n) is 18.1. The van der Waals surface area contributed by atoms with Gasteiger partial charge < -0.3 is 14.2 Å². The summed E-state index contributed by atoms with van der Waals surface area (Å²) in [4.78, 5) is 41.4. The quantitative estimate of drug-likeness (QED) is 0.631. The second kappa shape index (κ2) is 9.68. The zero-order valence-corrected chi connectivity index (χ0v) is 18.9. The lowest BCUT2D eigenvalue weighted by Gasteiger charge is -2.36. The predicted octanol–water partition coefficient (Wildman–Crippen LogP) is 3.70. The lowest BCUT2D eigenvalue weighted by molar-refractivity contribution is -0.155. The van der Waals surface area contributed by atoms with Crippen molar-refractivity contribution in [2.45, 2.75) is 32.1 Å². The molecule has 4 rings (SSSR count). The minimum atomic E-state index is -0.455. The standard InChI is InChI=1S/C23H26N2O6S/c1-29-16-6-7-19(30-2)17(10-16)18-12-32-23(24-18)25-20(26)11-31-22(28)15-8-13-4-3-5-14(9-15)21(13)27/h6-7,10,12-15H,3-5,8-9,11H2,1-2H3,(H,24,25,26)/t13-,14-/m1/s1. The van der Waals surface area contributed by atoms with Crippen LogP contribution in [0.4, 0.5) is 5.13 Å². The molecule has 2 aliphatic carbocycles. The molecule has 170 valence electrons. The van der Waals surface area contributed by atoms with Crippen LogP contribution in [0.5, 0.6) is 11.5 Å². The molecule has 2 bridgehead atoms. The number of aromatic nitrogens is 1. The third-order valence-corrected chi connectivity index (χ3v) is 6.92. The molecular weight excluding hydrogens is 432 g/mol. The first-order valence-electron chi connectivity index (χ1n) is 10.7. The van der Waals surface area contributed by atoms with Gasteiger partial charge in [-0.2, -0.15) is 0 Å². The molecule has 1 amide bonds. The molecule has 0 unspecified atom stereocenters. The Kier molecular flexibility index (Phi) is 6.74. The molecule has 0 aliphatic heterocycles. The van der Waals surface area contributed by atoms with Crippen LogP contribution in [0.2, 0.25) is 0 Å². The summed E-state index contributed by atoms with van der Waals surface area (Å²) in [6, 6.07) is 5.39. The number of carbonyl (C=O) groups excluding carboxylic acids is 3. The second-order valence-corrected chi connectivity index (χ2v) is 9.01. The first kappa shape index (κ1) is 22.3. The number of fused-ring (bicyclic) bond motifs is 2. The second-order valence-electron chi connectivity index (χ2n) is 8.16. The maximum absolute atomic E-state index is 12.5. The summed E-state index contributed by atoms with van der Waals surface area (Å²) in [7, 11) is 3.15. The van der Waals surface area contributed by atoms with Crippen LogP contribution in [-0.4, -0.2) is 43.5 Å². The summed E-state index contributed by atoms with van der Waals surface area (Å²) in [5.41, 5.74) is 1.38. The first-order valence-corrected chi connectivity index (χ1v) is 11.5. The Labute approximate surface area is 190 Å². The first-order chi connectivity index (χ1) is 15.5. The van der Waals surface area contributed by atoms with E-state index in [2.05, 4.69) is 10.3 Å². The fourth-order valence-corrected chi connectivity index (χ4v) is 5.28. The number of hydrogen-bond acceptors (Lipinski definition) is 8. The van der Waals surface area contributed by atoms with Gasteiger partial charge in [0.2, 0.25) is 0 Å². The number of thiazole rings is 1. The van der Waals surface area contributed by atoms with E-state index in [1.165, 1.54) is 11.3 Å². The van der Waals surface area contributed by atoms with Gasteiger partial charge in [-0.1, -0.05) is 6.42 Å². The molecule has 1 heterocycles. The minimum absolute atomic E-state index is 0.0313. The van der Waals surface area contributed by atoms with Crippen LogP contribution in [0.15, 0.2) is 23.6 Å². The molecule has 0 spiro atoms. The van der Waals surface area contributed by atoms with E-state index in [4.69, 9.17) is 14.2 Å². The van der Waals surface area contributed by atoms with Crippen molar-refractivity contribution >= 4 is 34.1 Å². The van der Waals surface area contributed by atoms with Gasteiger partial charge in [0.25, 0.3) is 5.91 Å². The fraction of sp³-hybridized carbons (Fsp3) is 0.478. The lowest BCUT2D eigenvalue weighted by Crippen LogP contribution is -2.40. The van der Waals surface area contributed by atoms with Crippen molar-refractivity contribution in [1.29, 1.82) is 0 Å². The number of nitrogens with one attached hydrogen (secondary N) is 1. The largest absolute Gasteiger partial charge is 0.497 e. The lowest BCUT2D eigenvalue weighted by atomic mass is 9.67. The molecule has 1 aromatic carbocycles. The molecule has 8 nitrogen and oxygen atoms in total. The van der Waals surface area contributed by atoms with Crippen LogP contribution in [0.25, 0.3) is 11.3 Å². The van der Waals surface area contributed by atoms with E-state index >= 15 is 0 Å². The van der Waals surface area contributed by atoms with Gasteiger partial charge >= 0.3 is 5.97 Å². The predicted molar refractivity (Wildman–Crippen MR) is 119 cm³/mol. The molecule has 0 saturated heterocycles. The number of anilines is 1. The van der Waals surface area contributed by atoms with Gasteiger partial charge in [0.1, 0.15) is 17.3 Å².